The van der Waals surface area contributed by atoms with Crippen molar-refractivity contribution < 1.29 is 23.8 Å². The summed E-state index contributed by atoms with van der Waals surface area (Å²) in [5, 5.41) is 0. The molecule has 3 atom stereocenters. The van der Waals surface area contributed by atoms with Crippen LogP contribution >= 0.6 is 0 Å². The van der Waals surface area contributed by atoms with Crippen molar-refractivity contribution in [1.29, 1.82) is 0 Å². The number of fused-ring (bicyclic) bond motifs is 1. The van der Waals surface area contributed by atoms with Crippen molar-refractivity contribution >= 4 is 11.9 Å². The van der Waals surface area contributed by atoms with Crippen LogP contribution in [0.15, 0.2) is 42.0 Å². The van der Waals surface area contributed by atoms with E-state index < -0.39 is 11.5 Å². The van der Waals surface area contributed by atoms with Crippen molar-refractivity contribution in [1.82, 2.24) is 0 Å². The van der Waals surface area contributed by atoms with Crippen LogP contribution < -0.4 is 0 Å². The number of carbonyl (C=O) groups excluding carboxylic acids is 2. The van der Waals surface area contributed by atoms with Gasteiger partial charge in [0.15, 0.2) is 0 Å². The van der Waals surface area contributed by atoms with Crippen LogP contribution in [-0.2, 0) is 30.4 Å². The lowest BCUT2D eigenvalue weighted by atomic mass is 9.68. The van der Waals surface area contributed by atoms with Gasteiger partial charge in [0.2, 0.25) is 0 Å². The number of cyclic esters (lactones) is 1. The number of hydrogen-bond acceptors (Lipinski definition) is 5. The molecule has 3 rings (SSSR count). The van der Waals surface area contributed by atoms with Gasteiger partial charge in [-0.15, -0.1) is 0 Å². The fraction of sp³-hybridized carbons (Fsp3) is 0.524. The Morgan fingerprint density at radius 3 is 2.77 bits per heavy atom. The third kappa shape index (κ3) is 3.68. The molecule has 1 unspecified atom stereocenters. The van der Waals surface area contributed by atoms with Gasteiger partial charge < -0.3 is 14.2 Å². The zero-order valence-corrected chi connectivity index (χ0v) is 15.4. The fourth-order valence-electron chi connectivity index (χ4n) is 4.00. The van der Waals surface area contributed by atoms with Crippen LogP contribution in [0.25, 0.3) is 0 Å². The number of hydrogen-bond donors (Lipinski definition) is 0. The summed E-state index contributed by atoms with van der Waals surface area (Å²) in [4.78, 5) is 24.9. The van der Waals surface area contributed by atoms with E-state index in [1.165, 1.54) is 0 Å². The Kier molecular flexibility index (Phi) is 5.77. The van der Waals surface area contributed by atoms with Gasteiger partial charge in [-0.3, -0.25) is 9.59 Å². The second-order valence-electron chi connectivity index (χ2n) is 7.01. The maximum atomic E-state index is 12.6. The molecule has 0 bridgehead atoms. The van der Waals surface area contributed by atoms with Crippen LogP contribution in [0.5, 0.6) is 0 Å². The highest BCUT2D eigenvalue weighted by Crippen LogP contribution is 2.50. The largest absolute Gasteiger partial charge is 0.461 e. The molecule has 1 heterocycles. The molecule has 0 radical (unpaired) electrons. The number of rotatable bonds is 7. The van der Waals surface area contributed by atoms with E-state index in [1.54, 1.807) is 7.11 Å². The normalized spacial score (nSPS) is 27.5. The van der Waals surface area contributed by atoms with Gasteiger partial charge in [0.1, 0.15) is 12.7 Å². The molecule has 1 aromatic rings. The SMILES string of the molecule is CCC[C@]12CC[C@@H](OC)C=C1C(CC(=O)OCc1ccccc1)OC2=O. The van der Waals surface area contributed by atoms with Crippen LogP contribution in [0.3, 0.4) is 0 Å². The lowest BCUT2D eigenvalue weighted by Gasteiger charge is -2.33. The summed E-state index contributed by atoms with van der Waals surface area (Å²) < 4.78 is 16.4. The first-order chi connectivity index (χ1) is 12.6. The van der Waals surface area contributed by atoms with E-state index in [0.717, 1.165) is 30.4 Å². The third-order valence-corrected chi connectivity index (χ3v) is 5.33. The lowest BCUT2D eigenvalue weighted by Crippen LogP contribution is -2.34. The molecular formula is C21H26O5. The predicted octanol–water partition coefficient (Wildman–Crippen LogP) is 3.57. The number of benzene rings is 1. The average molecular weight is 358 g/mol. The molecule has 5 nitrogen and oxygen atoms in total. The first-order valence-electron chi connectivity index (χ1n) is 9.24. The minimum atomic E-state index is -0.589. The van der Waals surface area contributed by atoms with E-state index in [2.05, 4.69) is 6.92 Å². The highest BCUT2D eigenvalue weighted by Gasteiger charge is 2.54. The summed E-state index contributed by atoms with van der Waals surface area (Å²) in [6.07, 6.45) is 4.58. The molecule has 0 N–H and O–H groups in total. The summed E-state index contributed by atoms with van der Waals surface area (Å²) in [5.41, 5.74) is 1.24. The molecule has 140 valence electrons. The molecule has 1 aromatic carbocycles. The Morgan fingerprint density at radius 1 is 1.31 bits per heavy atom. The van der Waals surface area contributed by atoms with Gasteiger partial charge in [0, 0.05) is 7.11 Å². The Morgan fingerprint density at radius 2 is 2.08 bits per heavy atom. The average Bonchev–Trinajstić information content (AvgIpc) is 2.92. The van der Waals surface area contributed by atoms with E-state index in [-0.39, 0.29) is 31.1 Å². The van der Waals surface area contributed by atoms with Crippen LogP contribution in [0.1, 0.15) is 44.6 Å². The van der Waals surface area contributed by atoms with E-state index in [4.69, 9.17) is 14.2 Å². The molecule has 1 fully saturated rings. The minimum Gasteiger partial charge on any atom is -0.461 e. The molecule has 1 saturated heterocycles. The predicted molar refractivity (Wildman–Crippen MR) is 96.2 cm³/mol. The van der Waals surface area contributed by atoms with Gasteiger partial charge in [-0.25, -0.2) is 0 Å². The summed E-state index contributed by atoms with van der Waals surface area (Å²) in [5.74, 6) is -0.569. The Bertz CT molecular complexity index is 681. The summed E-state index contributed by atoms with van der Waals surface area (Å²) in [6, 6.07) is 9.53. The number of methoxy groups -OCH3 is 1. The van der Waals surface area contributed by atoms with Crippen molar-refractivity contribution in [3.63, 3.8) is 0 Å². The molecule has 0 aromatic heterocycles. The first-order valence-corrected chi connectivity index (χ1v) is 9.24. The molecule has 2 aliphatic rings. The van der Waals surface area contributed by atoms with Crippen molar-refractivity contribution in [2.75, 3.05) is 7.11 Å². The van der Waals surface area contributed by atoms with E-state index >= 15 is 0 Å². The van der Waals surface area contributed by atoms with Crippen LogP contribution in [0.4, 0.5) is 0 Å². The van der Waals surface area contributed by atoms with Gasteiger partial charge >= 0.3 is 11.9 Å². The molecule has 0 spiro atoms. The summed E-state index contributed by atoms with van der Waals surface area (Å²) in [6.45, 7) is 2.28. The Labute approximate surface area is 154 Å². The van der Waals surface area contributed by atoms with Gasteiger partial charge in [-0.2, -0.15) is 0 Å². The first kappa shape index (κ1) is 18.6. The highest BCUT2D eigenvalue weighted by atomic mass is 16.6. The van der Waals surface area contributed by atoms with Crippen molar-refractivity contribution in [2.45, 2.75) is 57.8 Å². The van der Waals surface area contributed by atoms with E-state index in [0.29, 0.717) is 6.42 Å². The van der Waals surface area contributed by atoms with Crippen molar-refractivity contribution in [3.8, 4) is 0 Å². The molecule has 0 saturated carbocycles. The smallest absolute Gasteiger partial charge is 0.316 e. The Hall–Kier alpha value is -2.14. The van der Waals surface area contributed by atoms with Crippen LogP contribution in [0, 0.1) is 5.41 Å². The number of esters is 2. The van der Waals surface area contributed by atoms with Crippen molar-refractivity contribution in [3.05, 3.63) is 47.5 Å². The third-order valence-electron chi connectivity index (χ3n) is 5.33. The molecule has 26 heavy (non-hydrogen) atoms. The summed E-state index contributed by atoms with van der Waals surface area (Å²) >= 11 is 0. The minimum absolute atomic E-state index is 0.0349. The maximum Gasteiger partial charge on any atom is 0.316 e. The van der Waals surface area contributed by atoms with Gasteiger partial charge in [-0.1, -0.05) is 49.8 Å². The van der Waals surface area contributed by atoms with E-state index in [1.807, 2.05) is 36.4 Å². The maximum absolute atomic E-state index is 12.6. The quantitative estimate of drug-likeness (QED) is 0.551. The van der Waals surface area contributed by atoms with Gasteiger partial charge in [-0.05, 0) is 30.4 Å². The number of carbonyl (C=O) groups is 2. The molecular weight excluding hydrogens is 332 g/mol. The van der Waals surface area contributed by atoms with Gasteiger partial charge in [0.25, 0.3) is 0 Å². The summed E-state index contributed by atoms with van der Waals surface area (Å²) in [7, 11) is 1.66. The zero-order chi connectivity index (χ0) is 18.6. The Balaban J connectivity index is 1.70. The second-order valence-corrected chi connectivity index (χ2v) is 7.01. The monoisotopic (exact) mass is 358 g/mol. The van der Waals surface area contributed by atoms with Crippen molar-refractivity contribution in [2.24, 2.45) is 5.41 Å². The van der Waals surface area contributed by atoms with Crippen LogP contribution in [-0.4, -0.2) is 31.3 Å². The zero-order valence-electron chi connectivity index (χ0n) is 15.4. The number of ether oxygens (including phenoxy) is 3. The molecule has 0 amide bonds. The van der Waals surface area contributed by atoms with E-state index in [9.17, 15) is 9.59 Å². The standard InChI is InChI=1S/C21H26O5/c1-3-10-21-11-9-16(24-2)12-17(21)18(26-20(21)23)13-19(22)25-14-15-7-5-4-6-8-15/h4-8,12,16,18H,3,9-11,13-14H2,1-2H3/t16-,18?,21+/m1/s1. The molecule has 5 heteroatoms. The topological polar surface area (TPSA) is 61.8 Å². The van der Waals surface area contributed by atoms with Gasteiger partial charge in [0.05, 0.1) is 17.9 Å². The van der Waals surface area contributed by atoms with Crippen LogP contribution in [0.2, 0.25) is 0 Å². The molecule has 1 aliphatic carbocycles. The fourth-order valence-corrected chi connectivity index (χ4v) is 4.00. The second kappa shape index (κ2) is 8.04. The lowest BCUT2D eigenvalue weighted by molar-refractivity contribution is -0.153. The molecule has 1 aliphatic heterocycles. The highest BCUT2D eigenvalue weighted by molar-refractivity contribution is 5.86.